The third-order valence-corrected chi connectivity index (χ3v) is 3.51. The molecule has 2 rings (SSSR count). The number of nitrogens with one attached hydrogen (secondary N) is 1. The Morgan fingerprint density at radius 2 is 1.94 bits per heavy atom. The van der Waals surface area contributed by atoms with Gasteiger partial charge in [-0.1, -0.05) is 12.1 Å². The van der Waals surface area contributed by atoms with Crippen molar-refractivity contribution < 1.29 is 9.53 Å². The van der Waals surface area contributed by atoms with Crippen molar-refractivity contribution in [1.29, 1.82) is 0 Å². The van der Waals surface area contributed by atoms with E-state index in [9.17, 15) is 4.79 Å². The Balaban J connectivity index is 2.02. The van der Waals surface area contributed by atoms with Gasteiger partial charge < -0.3 is 15.0 Å². The standard InChI is InChI=1S/C13H17BrN2O2/c1-9-7-16(8-10(2)18-9)13(17)15-12-6-4-3-5-11(12)14/h3-6,9-10H,7-8H2,1-2H3,(H,15,17)/t9-,10-/m1/s1. The van der Waals surface area contributed by atoms with Crippen LogP contribution in [0.5, 0.6) is 0 Å². The van der Waals surface area contributed by atoms with Crippen LogP contribution in [0.15, 0.2) is 28.7 Å². The zero-order chi connectivity index (χ0) is 13.1. The number of ether oxygens (including phenoxy) is 1. The molecule has 0 aliphatic carbocycles. The number of para-hydroxylation sites is 1. The molecular formula is C13H17BrN2O2. The van der Waals surface area contributed by atoms with Crippen LogP contribution >= 0.6 is 15.9 Å². The third kappa shape index (κ3) is 3.23. The van der Waals surface area contributed by atoms with Gasteiger partial charge in [-0.25, -0.2) is 4.79 Å². The summed E-state index contributed by atoms with van der Waals surface area (Å²) in [4.78, 5) is 13.9. The number of hydrogen-bond acceptors (Lipinski definition) is 2. The van der Waals surface area contributed by atoms with Gasteiger partial charge in [0.2, 0.25) is 0 Å². The van der Waals surface area contributed by atoms with Gasteiger partial charge in [-0.15, -0.1) is 0 Å². The van der Waals surface area contributed by atoms with Crippen LogP contribution in [0.3, 0.4) is 0 Å². The number of hydrogen-bond donors (Lipinski definition) is 1. The highest BCUT2D eigenvalue weighted by Crippen LogP contribution is 2.22. The summed E-state index contributed by atoms with van der Waals surface area (Å²) in [6, 6.07) is 7.50. The van der Waals surface area contributed by atoms with Gasteiger partial charge in [-0.05, 0) is 41.9 Å². The Hall–Kier alpha value is -1.07. The minimum absolute atomic E-state index is 0.0797. The van der Waals surface area contributed by atoms with Crippen LogP contribution in [0.4, 0.5) is 10.5 Å². The first kappa shape index (κ1) is 13.4. The number of amides is 2. The molecule has 0 saturated carbocycles. The molecule has 98 valence electrons. The summed E-state index contributed by atoms with van der Waals surface area (Å²) in [7, 11) is 0. The van der Waals surface area contributed by atoms with Gasteiger partial charge in [0.15, 0.2) is 0 Å². The molecule has 1 aromatic carbocycles. The minimum Gasteiger partial charge on any atom is -0.372 e. The van der Waals surface area contributed by atoms with Crippen molar-refractivity contribution in [2.45, 2.75) is 26.1 Å². The second-order valence-electron chi connectivity index (χ2n) is 4.57. The molecule has 2 atom stereocenters. The molecule has 1 saturated heterocycles. The lowest BCUT2D eigenvalue weighted by atomic mass is 10.2. The van der Waals surface area contributed by atoms with Crippen molar-refractivity contribution in [1.82, 2.24) is 4.90 Å². The van der Waals surface area contributed by atoms with Crippen LogP contribution in [0, 0.1) is 0 Å². The largest absolute Gasteiger partial charge is 0.372 e. The first-order valence-electron chi connectivity index (χ1n) is 6.02. The number of morpholine rings is 1. The summed E-state index contributed by atoms with van der Waals surface area (Å²) >= 11 is 3.41. The topological polar surface area (TPSA) is 41.6 Å². The molecule has 1 N–H and O–H groups in total. The molecule has 4 nitrogen and oxygen atoms in total. The van der Waals surface area contributed by atoms with Crippen LogP contribution in [0.25, 0.3) is 0 Å². The van der Waals surface area contributed by atoms with E-state index in [2.05, 4.69) is 21.2 Å². The van der Waals surface area contributed by atoms with E-state index in [1.54, 1.807) is 4.90 Å². The van der Waals surface area contributed by atoms with Gasteiger partial charge in [0.05, 0.1) is 17.9 Å². The number of urea groups is 1. The van der Waals surface area contributed by atoms with E-state index < -0.39 is 0 Å². The Bertz CT molecular complexity index is 429. The molecule has 0 aromatic heterocycles. The molecule has 2 amide bonds. The summed E-state index contributed by atoms with van der Waals surface area (Å²) < 4.78 is 6.49. The van der Waals surface area contributed by atoms with Crippen molar-refractivity contribution in [2.75, 3.05) is 18.4 Å². The summed E-state index contributed by atoms with van der Waals surface area (Å²) in [6.45, 7) is 5.21. The molecule has 1 heterocycles. The predicted octanol–water partition coefficient (Wildman–Crippen LogP) is 3.09. The molecular weight excluding hydrogens is 296 g/mol. The summed E-state index contributed by atoms with van der Waals surface area (Å²) in [5.74, 6) is 0. The van der Waals surface area contributed by atoms with Crippen LogP contribution < -0.4 is 5.32 Å². The molecule has 1 aromatic rings. The minimum atomic E-state index is -0.0797. The quantitative estimate of drug-likeness (QED) is 0.865. The average molecular weight is 313 g/mol. The van der Waals surface area contributed by atoms with Crippen molar-refractivity contribution in [2.24, 2.45) is 0 Å². The lowest BCUT2D eigenvalue weighted by Gasteiger charge is -2.35. The molecule has 0 bridgehead atoms. The maximum atomic E-state index is 12.1. The first-order chi connectivity index (χ1) is 8.56. The summed E-state index contributed by atoms with van der Waals surface area (Å²) in [6.07, 6.45) is 0.164. The number of rotatable bonds is 1. The maximum absolute atomic E-state index is 12.1. The van der Waals surface area contributed by atoms with E-state index >= 15 is 0 Å². The molecule has 1 aliphatic rings. The van der Waals surface area contributed by atoms with Gasteiger partial charge in [-0.3, -0.25) is 0 Å². The fourth-order valence-corrected chi connectivity index (χ4v) is 2.48. The lowest BCUT2D eigenvalue weighted by Crippen LogP contribution is -2.49. The molecule has 0 spiro atoms. The Morgan fingerprint density at radius 1 is 1.33 bits per heavy atom. The van der Waals surface area contributed by atoms with Crippen LogP contribution in [0.1, 0.15) is 13.8 Å². The molecule has 0 unspecified atom stereocenters. The van der Waals surface area contributed by atoms with Crippen molar-refractivity contribution in [3.63, 3.8) is 0 Å². The van der Waals surface area contributed by atoms with Crippen LogP contribution in [-0.2, 0) is 4.74 Å². The lowest BCUT2D eigenvalue weighted by molar-refractivity contribution is -0.0530. The normalized spacial score (nSPS) is 23.8. The average Bonchev–Trinajstić information content (AvgIpc) is 2.31. The van der Waals surface area contributed by atoms with Gasteiger partial charge in [0.1, 0.15) is 0 Å². The number of anilines is 1. The number of carbonyl (C=O) groups is 1. The van der Waals surface area contributed by atoms with Crippen molar-refractivity contribution in [3.05, 3.63) is 28.7 Å². The molecule has 0 radical (unpaired) electrons. The Morgan fingerprint density at radius 3 is 2.56 bits per heavy atom. The van der Waals surface area contributed by atoms with E-state index in [1.165, 1.54) is 0 Å². The van der Waals surface area contributed by atoms with Gasteiger partial charge in [0.25, 0.3) is 0 Å². The van der Waals surface area contributed by atoms with Gasteiger partial charge in [0, 0.05) is 17.6 Å². The van der Waals surface area contributed by atoms with E-state index in [0.29, 0.717) is 13.1 Å². The molecule has 1 aliphatic heterocycles. The maximum Gasteiger partial charge on any atom is 0.322 e. The zero-order valence-electron chi connectivity index (χ0n) is 10.5. The smallest absolute Gasteiger partial charge is 0.322 e. The van der Waals surface area contributed by atoms with E-state index in [0.717, 1.165) is 10.2 Å². The fourth-order valence-electron chi connectivity index (χ4n) is 2.10. The van der Waals surface area contributed by atoms with Crippen molar-refractivity contribution >= 4 is 27.6 Å². The Kier molecular flexibility index (Phi) is 4.24. The highest BCUT2D eigenvalue weighted by atomic mass is 79.9. The molecule has 5 heteroatoms. The second kappa shape index (κ2) is 5.71. The summed E-state index contributed by atoms with van der Waals surface area (Å²) in [5, 5.41) is 2.91. The number of nitrogens with zero attached hydrogens (tertiary/aromatic N) is 1. The first-order valence-corrected chi connectivity index (χ1v) is 6.81. The molecule has 1 fully saturated rings. The van der Waals surface area contributed by atoms with Crippen LogP contribution in [-0.4, -0.2) is 36.2 Å². The highest BCUT2D eigenvalue weighted by Gasteiger charge is 2.25. The Labute approximate surface area is 115 Å². The zero-order valence-corrected chi connectivity index (χ0v) is 12.1. The summed E-state index contributed by atoms with van der Waals surface area (Å²) in [5.41, 5.74) is 0.786. The van der Waals surface area contributed by atoms with E-state index in [4.69, 9.17) is 4.74 Å². The predicted molar refractivity (Wildman–Crippen MR) is 74.7 cm³/mol. The fraction of sp³-hybridized carbons (Fsp3) is 0.462. The number of halogens is 1. The number of benzene rings is 1. The van der Waals surface area contributed by atoms with E-state index in [-0.39, 0.29) is 18.2 Å². The number of carbonyl (C=O) groups excluding carboxylic acids is 1. The second-order valence-corrected chi connectivity index (χ2v) is 5.43. The van der Waals surface area contributed by atoms with Gasteiger partial charge in [-0.2, -0.15) is 0 Å². The van der Waals surface area contributed by atoms with Gasteiger partial charge >= 0.3 is 6.03 Å². The van der Waals surface area contributed by atoms with Crippen molar-refractivity contribution in [3.8, 4) is 0 Å². The third-order valence-electron chi connectivity index (χ3n) is 2.82. The SMILES string of the molecule is C[C@@H]1CN(C(=O)Nc2ccccc2Br)C[C@@H](C)O1. The molecule has 18 heavy (non-hydrogen) atoms. The monoisotopic (exact) mass is 312 g/mol. The highest BCUT2D eigenvalue weighted by molar-refractivity contribution is 9.10. The van der Waals surface area contributed by atoms with E-state index in [1.807, 2.05) is 38.1 Å². The van der Waals surface area contributed by atoms with Crippen LogP contribution in [0.2, 0.25) is 0 Å².